The fourth-order valence-electron chi connectivity index (χ4n) is 1.44. The Balaban J connectivity index is 2.10. The van der Waals surface area contributed by atoms with Crippen LogP contribution in [0.25, 0.3) is 0 Å². The third-order valence-corrected chi connectivity index (χ3v) is 2.21. The van der Waals surface area contributed by atoms with E-state index in [9.17, 15) is 0 Å². The highest BCUT2D eigenvalue weighted by molar-refractivity contribution is 6.30. The molecule has 1 aromatic rings. The topological polar surface area (TPSA) is 41.1 Å². The van der Waals surface area contributed by atoms with Gasteiger partial charge < -0.3 is 10.2 Å². The molecule has 0 aromatic carbocycles. The van der Waals surface area contributed by atoms with Gasteiger partial charge in [-0.15, -0.1) is 0 Å². The van der Waals surface area contributed by atoms with Gasteiger partial charge in [-0.2, -0.15) is 0 Å². The minimum absolute atomic E-state index is 0.971. The van der Waals surface area contributed by atoms with E-state index in [1.54, 1.807) is 0 Å². The molecule has 0 amide bonds. The predicted octanol–water partition coefficient (Wildman–Crippen LogP) is -1.86. The molecule has 0 radical (unpaired) electrons. The molecule has 1 aliphatic rings. The first-order chi connectivity index (χ1) is 6.36. The van der Waals surface area contributed by atoms with Crippen molar-refractivity contribution < 1.29 is 0 Å². The molecule has 1 fully saturated rings. The first-order valence-corrected chi connectivity index (χ1v) is 4.60. The first-order valence-electron chi connectivity index (χ1n) is 4.60. The molecule has 2 rings (SSSR count). The monoisotopic (exact) mass is 176 g/mol. The summed E-state index contributed by atoms with van der Waals surface area (Å²) in [6, 6.07) is 0. The summed E-state index contributed by atoms with van der Waals surface area (Å²) in [4.78, 5) is 10.8. The smallest absolute Gasteiger partial charge is 0.166 e. The van der Waals surface area contributed by atoms with Crippen LogP contribution in [0.2, 0.25) is 0 Å². The fraction of sp³-hybridized carbons (Fsp3) is 0.500. The van der Waals surface area contributed by atoms with E-state index in [1.165, 1.54) is 0 Å². The second-order valence-corrected chi connectivity index (χ2v) is 3.25. The van der Waals surface area contributed by atoms with E-state index in [4.69, 9.17) is 0 Å². The molecule has 4 nitrogen and oxygen atoms in total. The Hall–Kier alpha value is -1.10. The van der Waals surface area contributed by atoms with Crippen LogP contribution < -0.4 is 15.8 Å². The molecule has 0 saturated carbocycles. The minimum Gasteiger partial charge on any atom is -0.353 e. The Morgan fingerprint density at radius 3 is 2.62 bits per heavy atom. The van der Waals surface area contributed by atoms with E-state index in [1.807, 2.05) is 20.2 Å². The molecular formula is C8H13BN4. The number of hydrogen-bond donors (Lipinski definition) is 1. The molecule has 1 aliphatic heterocycles. The maximum atomic E-state index is 4.34. The van der Waals surface area contributed by atoms with E-state index in [-0.39, 0.29) is 0 Å². The standard InChI is InChI=1S/C8H13BN4/c9-7-5-12-8(6-11-7)13-3-1-10-2-4-13/h5-6,10H,1-4,9H2. The average molecular weight is 176 g/mol. The molecule has 2 heterocycles. The molecule has 0 bridgehead atoms. The van der Waals surface area contributed by atoms with Crippen LogP contribution in [0, 0.1) is 0 Å². The van der Waals surface area contributed by atoms with Gasteiger partial charge >= 0.3 is 0 Å². The second kappa shape index (κ2) is 3.74. The molecule has 0 spiro atoms. The molecule has 1 aromatic heterocycles. The van der Waals surface area contributed by atoms with Gasteiger partial charge in [0.1, 0.15) is 5.82 Å². The van der Waals surface area contributed by atoms with Crippen LogP contribution in [0.4, 0.5) is 5.82 Å². The Morgan fingerprint density at radius 1 is 1.23 bits per heavy atom. The van der Waals surface area contributed by atoms with Gasteiger partial charge in [-0.1, -0.05) is 0 Å². The number of piperazine rings is 1. The molecule has 68 valence electrons. The molecule has 13 heavy (non-hydrogen) atoms. The van der Waals surface area contributed by atoms with Crippen molar-refractivity contribution in [2.24, 2.45) is 0 Å². The van der Waals surface area contributed by atoms with Crippen molar-refractivity contribution in [2.45, 2.75) is 0 Å². The lowest BCUT2D eigenvalue weighted by molar-refractivity contribution is 0.584. The highest BCUT2D eigenvalue weighted by atomic mass is 15.2. The van der Waals surface area contributed by atoms with Gasteiger partial charge in [0.15, 0.2) is 7.85 Å². The quantitative estimate of drug-likeness (QED) is 0.509. The highest BCUT2D eigenvalue weighted by Crippen LogP contribution is 2.06. The third kappa shape index (κ3) is 1.98. The Morgan fingerprint density at radius 2 is 2.00 bits per heavy atom. The lowest BCUT2D eigenvalue weighted by Crippen LogP contribution is -2.44. The zero-order valence-corrected chi connectivity index (χ0v) is 7.82. The Bertz CT molecular complexity index is 268. The number of rotatable bonds is 1. The van der Waals surface area contributed by atoms with E-state index in [2.05, 4.69) is 20.2 Å². The molecule has 1 saturated heterocycles. The summed E-state index contributed by atoms with van der Waals surface area (Å²) in [7, 11) is 1.95. The van der Waals surface area contributed by atoms with Gasteiger partial charge in [-0.3, -0.25) is 4.98 Å². The van der Waals surface area contributed by atoms with Gasteiger partial charge in [0.25, 0.3) is 0 Å². The van der Waals surface area contributed by atoms with Crippen molar-refractivity contribution in [3.8, 4) is 0 Å². The molecular weight excluding hydrogens is 163 g/mol. The van der Waals surface area contributed by atoms with Gasteiger partial charge in [-0.05, 0) is 0 Å². The molecule has 0 unspecified atom stereocenters. The van der Waals surface area contributed by atoms with Crippen LogP contribution in [0.15, 0.2) is 12.4 Å². The summed E-state index contributed by atoms with van der Waals surface area (Å²) in [6.07, 6.45) is 3.66. The van der Waals surface area contributed by atoms with E-state index in [0.717, 1.165) is 37.6 Å². The number of nitrogens with zero attached hydrogens (tertiary/aromatic N) is 3. The maximum Gasteiger partial charge on any atom is 0.166 e. The minimum atomic E-state index is 0.971. The number of hydrogen-bond acceptors (Lipinski definition) is 4. The number of anilines is 1. The summed E-state index contributed by atoms with van der Waals surface area (Å²) >= 11 is 0. The van der Waals surface area contributed by atoms with Gasteiger partial charge in [0.2, 0.25) is 0 Å². The van der Waals surface area contributed by atoms with Gasteiger partial charge in [-0.25, -0.2) is 4.98 Å². The number of nitrogens with one attached hydrogen (secondary N) is 1. The molecule has 0 aliphatic carbocycles. The predicted molar refractivity (Wildman–Crippen MR) is 55.3 cm³/mol. The van der Waals surface area contributed by atoms with Gasteiger partial charge in [0, 0.05) is 38.0 Å². The Kier molecular flexibility index (Phi) is 2.45. The van der Waals surface area contributed by atoms with Crippen LogP contribution in [0.3, 0.4) is 0 Å². The first kappa shape index (κ1) is 8.50. The SMILES string of the molecule is Bc1cnc(N2CCNCC2)cn1. The lowest BCUT2D eigenvalue weighted by Gasteiger charge is -2.27. The largest absolute Gasteiger partial charge is 0.353 e. The zero-order valence-electron chi connectivity index (χ0n) is 7.82. The lowest BCUT2D eigenvalue weighted by atomic mass is 10.1. The van der Waals surface area contributed by atoms with E-state index < -0.39 is 0 Å². The van der Waals surface area contributed by atoms with Crippen molar-refractivity contribution in [3.05, 3.63) is 12.4 Å². The summed E-state index contributed by atoms with van der Waals surface area (Å²) < 4.78 is 0. The van der Waals surface area contributed by atoms with Crippen LogP contribution in [-0.4, -0.2) is 44.0 Å². The van der Waals surface area contributed by atoms with Gasteiger partial charge in [0.05, 0.1) is 6.20 Å². The van der Waals surface area contributed by atoms with Crippen molar-refractivity contribution >= 4 is 19.3 Å². The summed E-state index contributed by atoms with van der Waals surface area (Å²) in [5.74, 6) is 0.993. The fourth-order valence-corrected chi connectivity index (χ4v) is 1.44. The van der Waals surface area contributed by atoms with Crippen LogP contribution >= 0.6 is 0 Å². The van der Waals surface area contributed by atoms with Crippen molar-refractivity contribution in [1.29, 1.82) is 0 Å². The summed E-state index contributed by atoms with van der Waals surface area (Å²) in [5, 5.41) is 3.31. The van der Waals surface area contributed by atoms with Crippen molar-refractivity contribution in [3.63, 3.8) is 0 Å². The number of aromatic nitrogens is 2. The summed E-state index contributed by atoms with van der Waals surface area (Å²) in [6.45, 7) is 4.13. The van der Waals surface area contributed by atoms with Crippen molar-refractivity contribution in [1.82, 2.24) is 15.3 Å². The summed E-state index contributed by atoms with van der Waals surface area (Å²) in [5.41, 5.74) is 0.971. The maximum absolute atomic E-state index is 4.34. The van der Waals surface area contributed by atoms with Crippen LogP contribution in [0.5, 0.6) is 0 Å². The average Bonchev–Trinajstić information content (AvgIpc) is 2.20. The molecule has 0 atom stereocenters. The third-order valence-electron chi connectivity index (χ3n) is 2.21. The zero-order chi connectivity index (χ0) is 9.10. The molecule has 5 heteroatoms. The Labute approximate surface area is 78.8 Å². The van der Waals surface area contributed by atoms with Crippen LogP contribution in [0.1, 0.15) is 0 Å². The second-order valence-electron chi connectivity index (χ2n) is 3.25. The van der Waals surface area contributed by atoms with E-state index in [0.29, 0.717) is 0 Å². The molecule has 1 N–H and O–H groups in total. The van der Waals surface area contributed by atoms with E-state index >= 15 is 0 Å². The van der Waals surface area contributed by atoms with Crippen LogP contribution in [-0.2, 0) is 0 Å². The highest BCUT2D eigenvalue weighted by Gasteiger charge is 2.10. The van der Waals surface area contributed by atoms with Crippen molar-refractivity contribution in [2.75, 3.05) is 31.1 Å². The normalized spacial score (nSPS) is 17.4.